The van der Waals surface area contributed by atoms with E-state index >= 15 is 0 Å². The standard InChI is InChI=1S/C25H40N4O3/c1-5-26-24(28-18-25(11-6-7-12-25)23(30)29(3)4)27-15-21-9-8-19(2)14-22(21)32-17-20-10-13-31-16-20/h8-9,14,20H,5-7,10-13,15-18H2,1-4H3,(H2,26,27,28). The fraction of sp³-hybridized carbons (Fsp3) is 0.680. The summed E-state index contributed by atoms with van der Waals surface area (Å²) in [5, 5.41) is 6.78. The summed E-state index contributed by atoms with van der Waals surface area (Å²) in [7, 11) is 3.69. The average Bonchev–Trinajstić information content (AvgIpc) is 3.47. The first-order chi connectivity index (χ1) is 15.4. The van der Waals surface area contributed by atoms with Gasteiger partial charge in [-0.05, 0) is 44.7 Å². The van der Waals surface area contributed by atoms with Gasteiger partial charge < -0.3 is 25.0 Å². The summed E-state index contributed by atoms with van der Waals surface area (Å²) in [6.07, 6.45) is 5.12. The zero-order valence-corrected chi connectivity index (χ0v) is 20.2. The zero-order chi connectivity index (χ0) is 23.0. The maximum absolute atomic E-state index is 12.9. The number of aryl methyl sites for hydroxylation is 1. The van der Waals surface area contributed by atoms with Crippen LogP contribution in [0.5, 0.6) is 5.75 Å². The van der Waals surface area contributed by atoms with Gasteiger partial charge in [-0.25, -0.2) is 4.99 Å². The second kappa shape index (κ2) is 11.5. The fourth-order valence-electron chi connectivity index (χ4n) is 4.60. The lowest BCUT2D eigenvalue weighted by molar-refractivity contribution is -0.138. The number of carbonyl (C=O) groups excluding carboxylic acids is 1. The van der Waals surface area contributed by atoms with Gasteiger partial charge in [-0.15, -0.1) is 0 Å². The Morgan fingerprint density at radius 1 is 1.28 bits per heavy atom. The Balaban J connectivity index is 1.67. The third-order valence-corrected chi connectivity index (χ3v) is 6.49. The number of amides is 1. The maximum atomic E-state index is 12.9. The fourth-order valence-corrected chi connectivity index (χ4v) is 4.60. The minimum atomic E-state index is -0.332. The summed E-state index contributed by atoms with van der Waals surface area (Å²) in [4.78, 5) is 19.4. The maximum Gasteiger partial charge on any atom is 0.230 e. The van der Waals surface area contributed by atoms with Gasteiger partial charge in [-0.3, -0.25) is 4.79 Å². The molecule has 7 nitrogen and oxygen atoms in total. The highest BCUT2D eigenvalue weighted by atomic mass is 16.5. The summed E-state index contributed by atoms with van der Waals surface area (Å²) < 4.78 is 11.6. The number of carbonyl (C=O) groups is 1. The van der Waals surface area contributed by atoms with Gasteiger partial charge in [0, 0.05) is 45.3 Å². The van der Waals surface area contributed by atoms with Crippen LogP contribution in [-0.2, 0) is 16.1 Å². The van der Waals surface area contributed by atoms with Crippen molar-refractivity contribution in [3.05, 3.63) is 29.3 Å². The monoisotopic (exact) mass is 444 g/mol. The first kappa shape index (κ1) is 24.4. The summed E-state index contributed by atoms with van der Waals surface area (Å²) in [6.45, 7) is 8.29. The topological polar surface area (TPSA) is 75.2 Å². The molecule has 1 saturated heterocycles. The van der Waals surface area contributed by atoms with Crippen molar-refractivity contribution >= 4 is 11.9 Å². The number of nitrogens with one attached hydrogen (secondary N) is 2. The molecule has 0 radical (unpaired) electrons. The van der Waals surface area contributed by atoms with Crippen molar-refractivity contribution in [3.8, 4) is 5.75 Å². The van der Waals surface area contributed by atoms with Crippen molar-refractivity contribution in [3.63, 3.8) is 0 Å². The summed E-state index contributed by atoms with van der Waals surface area (Å²) in [6, 6.07) is 6.28. The molecule has 178 valence electrons. The summed E-state index contributed by atoms with van der Waals surface area (Å²) in [5.41, 5.74) is 1.90. The lowest BCUT2D eigenvalue weighted by Crippen LogP contribution is -2.49. The molecule has 3 rings (SSSR count). The van der Waals surface area contributed by atoms with Crippen LogP contribution in [-0.4, -0.2) is 63.8 Å². The van der Waals surface area contributed by atoms with Crippen LogP contribution >= 0.6 is 0 Å². The Hall–Kier alpha value is -2.28. The van der Waals surface area contributed by atoms with Crippen LogP contribution in [0.1, 0.15) is 50.2 Å². The van der Waals surface area contributed by atoms with Crippen molar-refractivity contribution in [2.24, 2.45) is 16.3 Å². The highest BCUT2D eigenvalue weighted by molar-refractivity contribution is 5.85. The lowest BCUT2D eigenvalue weighted by Gasteiger charge is -2.31. The number of aliphatic imine (C=N–C) groups is 1. The highest BCUT2D eigenvalue weighted by Crippen LogP contribution is 2.38. The summed E-state index contributed by atoms with van der Waals surface area (Å²) in [5.74, 6) is 2.30. The first-order valence-corrected chi connectivity index (χ1v) is 12.0. The Kier molecular flexibility index (Phi) is 8.79. The number of hydrogen-bond donors (Lipinski definition) is 2. The van der Waals surface area contributed by atoms with Gasteiger partial charge in [-0.2, -0.15) is 0 Å². The Labute approximate surface area is 192 Å². The van der Waals surface area contributed by atoms with Gasteiger partial charge >= 0.3 is 0 Å². The smallest absolute Gasteiger partial charge is 0.230 e. The van der Waals surface area contributed by atoms with Crippen molar-refractivity contribution < 1.29 is 14.3 Å². The Bertz CT molecular complexity index is 781. The Morgan fingerprint density at radius 3 is 2.72 bits per heavy atom. The molecule has 1 aromatic rings. The van der Waals surface area contributed by atoms with E-state index in [2.05, 4.69) is 42.7 Å². The highest BCUT2D eigenvalue weighted by Gasteiger charge is 2.42. The average molecular weight is 445 g/mol. The number of guanidine groups is 1. The van der Waals surface area contributed by atoms with Crippen LogP contribution in [0, 0.1) is 18.3 Å². The van der Waals surface area contributed by atoms with Crippen LogP contribution in [0.3, 0.4) is 0 Å². The largest absolute Gasteiger partial charge is 0.493 e. The molecule has 1 saturated carbocycles. The van der Waals surface area contributed by atoms with Gasteiger partial charge in [0.2, 0.25) is 5.91 Å². The van der Waals surface area contributed by atoms with E-state index < -0.39 is 0 Å². The molecule has 1 aromatic carbocycles. The molecule has 32 heavy (non-hydrogen) atoms. The molecule has 7 heteroatoms. The third-order valence-electron chi connectivity index (χ3n) is 6.49. The number of nitrogens with zero attached hydrogens (tertiary/aromatic N) is 2. The van der Waals surface area contributed by atoms with E-state index in [0.29, 0.717) is 25.6 Å². The quantitative estimate of drug-likeness (QED) is 0.452. The number of ether oxygens (including phenoxy) is 2. The molecule has 0 aromatic heterocycles. The van der Waals surface area contributed by atoms with Crippen molar-refractivity contribution in [2.75, 3.05) is 47.0 Å². The normalized spacial score (nSPS) is 20.2. The van der Waals surface area contributed by atoms with E-state index in [9.17, 15) is 4.79 Å². The second-order valence-corrected chi connectivity index (χ2v) is 9.39. The molecule has 0 bridgehead atoms. The van der Waals surface area contributed by atoms with Gasteiger partial charge in [0.25, 0.3) is 0 Å². The van der Waals surface area contributed by atoms with E-state index in [1.807, 2.05) is 14.1 Å². The molecule has 0 spiro atoms. The van der Waals surface area contributed by atoms with Gasteiger partial charge in [0.15, 0.2) is 5.96 Å². The van der Waals surface area contributed by atoms with E-state index in [4.69, 9.17) is 14.5 Å². The molecule has 1 aliphatic heterocycles. The van der Waals surface area contributed by atoms with Gasteiger partial charge in [-0.1, -0.05) is 25.0 Å². The molecule has 1 amide bonds. The van der Waals surface area contributed by atoms with Crippen LogP contribution < -0.4 is 15.4 Å². The van der Waals surface area contributed by atoms with Crippen molar-refractivity contribution in [1.82, 2.24) is 15.5 Å². The molecule has 1 heterocycles. The number of rotatable bonds is 9. The molecule has 1 atom stereocenters. The van der Waals surface area contributed by atoms with Crippen LogP contribution in [0.2, 0.25) is 0 Å². The predicted octanol–water partition coefficient (Wildman–Crippen LogP) is 3.11. The van der Waals surface area contributed by atoms with E-state index in [0.717, 1.165) is 69.1 Å². The summed E-state index contributed by atoms with van der Waals surface area (Å²) >= 11 is 0. The van der Waals surface area contributed by atoms with E-state index in [1.165, 1.54) is 5.56 Å². The number of benzene rings is 1. The minimum Gasteiger partial charge on any atom is -0.493 e. The number of hydrogen-bond acceptors (Lipinski definition) is 4. The molecular formula is C25H40N4O3. The van der Waals surface area contributed by atoms with Gasteiger partial charge in [0.05, 0.1) is 25.2 Å². The SMILES string of the molecule is CCNC(=NCc1ccc(C)cc1OCC1CCOC1)NCC1(C(=O)N(C)C)CCCC1. The zero-order valence-electron chi connectivity index (χ0n) is 20.2. The van der Waals surface area contributed by atoms with E-state index in [1.54, 1.807) is 4.90 Å². The first-order valence-electron chi connectivity index (χ1n) is 12.0. The second-order valence-electron chi connectivity index (χ2n) is 9.39. The van der Waals surface area contributed by atoms with Crippen LogP contribution in [0.4, 0.5) is 0 Å². The molecule has 1 aliphatic carbocycles. The van der Waals surface area contributed by atoms with Gasteiger partial charge in [0.1, 0.15) is 5.75 Å². The molecule has 1 unspecified atom stereocenters. The van der Waals surface area contributed by atoms with E-state index in [-0.39, 0.29) is 11.3 Å². The Morgan fingerprint density at radius 2 is 2.06 bits per heavy atom. The third kappa shape index (κ3) is 6.37. The molecular weight excluding hydrogens is 404 g/mol. The van der Waals surface area contributed by atoms with Crippen molar-refractivity contribution in [1.29, 1.82) is 0 Å². The van der Waals surface area contributed by atoms with Crippen LogP contribution in [0.25, 0.3) is 0 Å². The predicted molar refractivity (Wildman–Crippen MR) is 128 cm³/mol. The molecule has 2 fully saturated rings. The van der Waals surface area contributed by atoms with Crippen molar-refractivity contribution in [2.45, 2.75) is 52.5 Å². The van der Waals surface area contributed by atoms with Crippen LogP contribution in [0.15, 0.2) is 23.2 Å². The molecule has 2 N–H and O–H groups in total. The molecule has 2 aliphatic rings. The minimum absolute atomic E-state index is 0.212. The lowest BCUT2D eigenvalue weighted by atomic mass is 9.84.